The van der Waals surface area contributed by atoms with Crippen LogP contribution in [0.5, 0.6) is 5.75 Å². The molecule has 0 fully saturated rings. The lowest BCUT2D eigenvalue weighted by molar-refractivity contribution is 0.328. The summed E-state index contributed by atoms with van der Waals surface area (Å²) in [6, 6.07) is 8.67. The summed E-state index contributed by atoms with van der Waals surface area (Å²) >= 11 is 0. The minimum atomic E-state index is 0.378. The molecular weight excluding hydrogens is 198 g/mol. The topological polar surface area (TPSA) is 21.3 Å². The molecule has 0 aromatic heterocycles. The zero-order valence-corrected chi connectivity index (χ0v) is 10.8. The maximum Gasteiger partial charge on any atom is 0.124 e. The highest BCUT2D eigenvalue weighted by Crippen LogP contribution is 2.29. The molecule has 0 heterocycles. The van der Waals surface area contributed by atoms with Crippen LogP contribution in [0.3, 0.4) is 0 Å². The molecule has 1 atom stereocenters. The second kappa shape index (κ2) is 6.54. The van der Waals surface area contributed by atoms with Gasteiger partial charge in [-0.1, -0.05) is 32.0 Å². The highest BCUT2D eigenvalue weighted by atomic mass is 16.5. The number of ether oxygens (including phenoxy) is 1. The molecule has 0 saturated heterocycles. The van der Waals surface area contributed by atoms with Crippen molar-refractivity contribution in [3.8, 4) is 5.75 Å². The van der Waals surface area contributed by atoms with Crippen LogP contribution in [0.4, 0.5) is 0 Å². The molecule has 90 valence electrons. The highest BCUT2D eigenvalue weighted by molar-refractivity contribution is 5.35. The van der Waals surface area contributed by atoms with Crippen molar-refractivity contribution < 1.29 is 4.74 Å². The monoisotopic (exact) mass is 221 g/mol. The number of para-hydroxylation sites is 1. The van der Waals surface area contributed by atoms with Crippen LogP contribution in [0.15, 0.2) is 24.3 Å². The summed E-state index contributed by atoms with van der Waals surface area (Å²) in [6.45, 7) is 7.23. The number of hydrogen-bond acceptors (Lipinski definition) is 2. The lowest BCUT2D eigenvalue weighted by atomic mass is 9.96. The lowest BCUT2D eigenvalue weighted by Crippen LogP contribution is -2.19. The van der Waals surface area contributed by atoms with E-state index < -0.39 is 0 Å². The Morgan fingerprint density at radius 2 is 1.94 bits per heavy atom. The Bertz CT molecular complexity index is 309. The van der Waals surface area contributed by atoms with Gasteiger partial charge in [0, 0.05) is 11.6 Å². The van der Waals surface area contributed by atoms with Crippen LogP contribution in [-0.4, -0.2) is 13.7 Å². The van der Waals surface area contributed by atoms with E-state index in [0.717, 1.165) is 18.8 Å². The summed E-state index contributed by atoms with van der Waals surface area (Å²) in [6.07, 6.45) is 1.13. The summed E-state index contributed by atoms with van der Waals surface area (Å²) in [5.41, 5.74) is 1.26. The van der Waals surface area contributed by atoms with E-state index in [0.29, 0.717) is 12.0 Å². The number of nitrogens with one attached hydrogen (secondary N) is 1. The largest absolute Gasteiger partial charge is 0.494 e. The Morgan fingerprint density at radius 3 is 2.50 bits per heavy atom. The van der Waals surface area contributed by atoms with Crippen molar-refractivity contribution in [3.05, 3.63) is 29.8 Å². The van der Waals surface area contributed by atoms with Gasteiger partial charge in [-0.2, -0.15) is 0 Å². The molecule has 16 heavy (non-hydrogen) atoms. The van der Waals surface area contributed by atoms with E-state index in [1.165, 1.54) is 5.56 Å². The normalized spacial score (nSPS) is 12.8. The molecule has 0 bridgehead atoms. The van der Waals surface area contributed by atoms with Gasteiger partial charge >= 0.3 is 0 Å². The Kier molecular flexibility index (Phi) is 5.33. The maximum atomic E-state index is 5.66. The molecule has 0 saturated carbocycles. The Balaban J connectivity index is 2.89. The van der Waals surface area contributed by atoms with E-state index >= 15 is 0 Å². The molecule has 2 nitrogen and oxygen atoms in total. The summed E-state index contributed by atoms with van der Waals surface area (Å²) in [4.78, 5) is 0. The standard InChI is InChI=1S/C14H23NO/c1-5-16-14-9-7-6-8-12(14)13(15-4)10-11(2)3/h6-9,11,13,15H,5,10H2,1-4H3. The minimum Gasteiger partial charge on any atom is -0.494 e. The molecule has 1 N–H and O–H groups in total. The summed E-state index contributed by atoms with van der Waals surface area (Å²) in [7, 11) is 2.01. The molecule has 0 aliphatic heterocycles. The Labute approximate surface area is 99.0 Å². The van der Waals surface area contributed by atoms with Gasteiger partial charge in [0.15, 0.2) is 0 Å². The summed E-state index contributed by atoms with van der Waals surface area (Å²) in [5.74, 6) is 1.68. The zero-order chi connectivity index (χ0) is 12.0. The second-order valence-corrected chi connectivity index (χ2v) is 4.44. The van der Waals surface area contributed by atoms with E-state index in [9.17, 15) is 0 Å². The van der Waals surface area contributed by atoms with Gasteiger partial charge in [0.05, 0.1) is 6.61 Å². The molecule has 0 spiro atoms. The molecule has 2 heteroatoms. The average Bonchev–Trinajstić information content (AvgIpc) is 2.27. The van der Waals surface area contributed by atoms with Gasteiger partial charge in [-0.15, -0.1) is 0 Å². The molecule has 0 aliphatic rings. The SMILES string of the molecule is CCOc1ccccc1C(CC(C)C)NC. The van der Waals surface area contributed by atoms with Crippen LogP contribution in [0.1, 0.15) is 38.8 Å². The van der Waals surface area contributed by atoms with Crippen LogP contribution in [0.2, 0.25) is 0 Å². The van der Waals surface area contributed by atoms with Crippen LogP contribution in [0.25, 0.3) is 0 Å². The second-order valence-electron chi connectivity index (χ2n) is 4.44. The lowest BCUT2D eigenvalue weighted by Gasteiger charge is -2.21. The first-order valence-corrected chi connectivity index (χ1v) is 6.08. The molecule has 1 aromatic carbocycles. The van der Waals surface area contributed by atoms with Crippen LogP contribution < -0.4 is 10.1 Å². The van der Waals surface area contributed by atoms with Crippen molar-refractivity contribution in [1.82, 2.24) is 5.32 Å². The molecule has 1 aromatic rings. The van der Waals surface area contributed by atoms with Gasteiger partial charge in [-0.3, -0.25) is 0 Å². The van der Waals surface area contributed by atoms with Crippen molar-refractivity contribution in [3.63, 3.8) is 0 Å². The van der Waals surface area contributed by atoms with E-state index in [2.05, 4.69) is 31.3 Å². The van der Waals surface area contributed by atoms with Crippen molar-refractivity contribution in [2.24, 2.45) is 5.92 Å². The van der Waals surface area contributed by atoms with Gasteiger partial charge in [0.25, 0.3) is 0 Å². The van der Waals surface area contributed by atoms with Crippen LogP contribution >= 0.6 is 0 Å². The molecule has 1 rings (SSSR count). The van der Waals surface area contributed by atoms with Crippen LogP contribution in [-0.2, 0) is 0 Å². The zero-order valence-electron chi connectivity index (χ0n) is 10.8. The van der Waals surface area contributed by atoms with Crippen molar-refractivity contribution in [1.29, 1.82) is 0 Å². The number of benzene rings is 1. The van der Waals surface area contributed by atoms with E-state index in [1.807, 2.05) is 26.1 Å². The first-order valence-electron chi connectivity index (χ1n) is 6.08. The molecular formula is C14H23NO. The number of rotatable bonds is 6. The average molecular weight is 221 g/mol. The molecule has 0 aliphatic carbocycles. The van der Waals surface area contributed by atoms with Crippen LogP contribution in [0, 0.1) is 5.92 Å². The quantitative estimate of drug-likeness (QED) is 0.795. The third kappa shape index (κ3) is 3.53. The molecule has 0 radical (unpaired) electrons. The van der Waals surface area contributed by atoms with Crippen molar-refractivity contribution in [2.45, 2.75) is 33.2 Å². The van der Waals surface area contributed by atoms with Gasteiger partial charge in [-0.05, 0) is 32.4 Å². The van der Waals surface area contributed by atoms with Gasteiger partial charge in [0.2, 0.25) is 0 Å². The fourth-order valence-electron chi connectivity index (χ4n) is 1.93. The third-order valence-corrected chi connectivity index (χ3v) is 2.65. The summed E-state index contributed by atoms with van der Waals surface area (Å²) < 4.78 is 5.66. The predicted molar refractivity (Wildman–Crippen MR) is 68.9 cm³/mol. The molecule has 0 amide bonds. The first-order chi connectivity index (χ1) is 7.69. The van der Waals surface area contributed by atoms with E-state index in [1.54, 1.807) is 0 Å². The van der Waals surface area contributed by atoms with Gasteiger partial charge in [-0.25, -0.2) is 0 Å². The number of hydrogen-bond donors (Lipinski definition) is 1. The Morgan fingerprint density at radius 1 is 1.25 bits per heavy atom. The third-order valence-electron chi connectivity index (χ3n) is 2.65. The first kappa shape index (κ1) is 13.0. The van der Waals surface area contributed by atoms with Gasteiger partial charge < -0.3 is 10.1 Å². The Hall–Kier alpha value is -1.02. The maximum absolute atomic E-state index is 5.66. The van der Waals surface area contributed by atoms with E-state index in [4.69, 9.17) is 4.74 Å². The fraction of sp³-hybridized carbons (Fsp3) is 0.571. The smallest absolute Gasteiger partial charge is 0.124 e. The highest BCUT2D eigenvalue weighted by Gasteiger charge is 2.15. The van der Waals surface area contributed by atoms with Crippen molar-refractivity contribution in [2.75, 3.05) is 13.7 Å². The minimum absolute atomic E-state index is 0.378. The van der Waals surface area contributed by atoms with Crippen molar-refractivity contribution >= 4 is 0 Å². The predicted octanol–water partition coefficient (Wildman–Crippen LogP) is 3.39. The summed E-state index contributed by atoms with van der Waals surface area (Å²) in [5, 5.41) is 3.37. The fourth-order valence-corrected chi connectivity index (χ4v) is 1.93. The van der Waals surface area contributed by atoms with E-state index in [-0.39, 0.29) is 0 Å². The van der Waals surface area contributed by atoms with Gasteiger partial charge in [0.1, 0.15) is 5.75 Å². The molecule has 1 unspecified atom stereocenters.